The van der Waals surface area contributed by atoms with Crippen LogP contribution in [0.4, 0.5) is 0 Å². The van der Waals surface area contributed by atoms with Crippen molar-refractivity contribution in [2.45, 2.75) is 6.92 Å². The minimum Gasteiger partial charge on any atom is -0.507 e. The molecule has 0 fully saturated rings. The van der Waals surface area contributed by atoms with Crippen LogP contribution in [0.15, 0.2) is 12.1 Å². The standard InChI is InChI=1S/C10H10O5/c1-6(12)15-10-4-8(13)7(5-11)3-9(10)14-2/h3-5,13H,1-2H3. The molecule has 1 aromatic carbocycles. The third-order valence-corrected chi connectivity index (χ3v) is 1.69. The summed E-state index contributed by atoms with van der Waals surface area (Å²) in [5.74, 6) is -0.508. The van der Waals surface area contributed by atoms with Gasteiger partial charge in [0.1, 0.15) is 5.75 Å². The van der Waals surface area contributed by atoms with Gasteiger partial charge >= 0.3 is 5.97 Å². The van der Waals surface area contributed by atoms with E-state index in [9.17, 15) is 14.7 Å². The summed E-state index contributed by atoms with van der Waals surface area (Å²) in [6.07, 6.45) is 0.482. The predicted octanol–water partition coefficient (Wildman–Crippen LogP) is 1.14. The van der Waals surface area contributed by atoms with Gasteiger partial charge in [-0.15, -0.1) is 0 Å². The van der Waals surface area contributed by atoms with Crippen molar-refractivity contribution in [2.75, 3.05) is 7.11 Å². The number of esters is 1. The third-order valence-electron chi connectivity index (χ3n) is 1.69. The summed E-state index contributed by atoms with van der Waals surface area (Å²) in [7, 11) is 1.37. The topological polar surface area (TPSA) is 72.8 Å². The highest BCUT2D eigenvalue weighted by atomic mass is 16.6. The van der Waals surface area contributed by atoms with Gasteiger partial charge in [-0.3, -0.25) is 9.59 Å². The van der Waals surface area contributed by atoms with Crippen molar-refractivity contribution < 1.29 is 24.2 Å². The average molecular weight is 210 g/mol. The second-order valence-electron chi connectivity index (χ2n) is 2.77. The molecule has 0 saturated carbocycles. The largest absolute Gasteiger partial charge is 0.507 e. The Morgan fingerprint density at radius 3 is 2.53 bits per heavy atom. The van der Waals surface area contributed by atoms with Crippen molar-refractivity contribution in [3.05, 3.63) is 17.7 Å². The summed E-state index contributed by atoms with van der Waals surface area (Å²) in [5.41, 5.74) is 0.0720. The van der Waals surface area contributed by atoms with Crippen LogP contribution in [0.1, 0.15) is 17.3 Å². The maximum absolute atomic E-state index is 10.7. The van der Waals surface area contributed by atoms with Crippen LogP contribution in [-0.2, 0) is 4.79 Å². The molecule has 80 valence electrons. The summed E-state index contributed by atoms with van der Waals surface area (Å²) in [6.45, 7) is 1.23. The maximum Gasteiger partial charge on any atom is 0.308 e. The smallest absolute Gasteiger partial charge is 0.308 e. The number of phenolic OH excluding ortho intramolecular Hbond substituents is 1. The molecule has 0 aromatic heterocycles. The number of benzene rings is 1. The van der Waals surface area contributed by atoms with E-state index in [4.69, 9.17) is 9.47 Å². The lowest BCUT2D eigenvalue weighted by molar-refractivity contribution is -0.132. The highest BCUT2D eigenvalue weighted by molar-refractivity contribution is 5.81. The van der Waals surface area contributed by atoms with Gasteiger partial charge in [0.25, 0.3) is 0 Å². The Kier molecular flexibility index (Phi) is 3.28. The fraction of sp³-hybridized carbons (Fsp3) is 0.200. The first-order valence-electron chi connectivity index (χ1n) is 4.13. The molecular formula is C10H10O5. The molecule has 0 unspecified atom stereocenters. The van der Waals surface area contributed by atoms with Gasteiger partial charge in [-0.1, -0.05) is 0 Å². The van der Waals surface area contributed by atoms with Crippen molar-refractivity contribution >= 4 is 12.3 Å². The number of methoxy groups -OCH3 is 1. The normalized spacial score (nSPS) is 9.47. The predicted molar refractivity (Wildman–Crippen MR) is 51.4 cm³/mol. The Morgan fingerprint density at radius 1 is 1.40 bits per heavy atom. The SMILES string of the molecule is COc1cc(C=O)c(O)cc1OC(C)=O. The number of hydrogen-bond donors (Lipinski definition) is 1. The lowest BCUT2D eigenvalue weighted by Gasteiger charge is -2.09. The molecule has 0 aliphatic rings. The zero-order valence-corrected chi connectivity index (χ0v) is 8.31. The zero-order chi connectivity index (χ0) is 11.4. The molecule has 15 heavy (non-hydrogen) atoms. The van der Waals surface area contributed by atoms with Gasteiger partial charge in [-0.25, -0.2) is 0 Å². The molecule has 1 N–H and O–H groups in total. The van der Waals surface area contributed by atoms with Crippen LogP contribution in [0.25, 0.3) is 0 Å². The van der Waals surface area contributed by atoms with Crippen molar-refractivity contribution in [3.63, 3.8) is 0 Å². The second kappa shape index (κ2) is 4.45. The van der Waals surface area contributed by atoms with E-state index >= 15 is 0 Å². The van der Waals surface area contributed by atoms with Crippen molar-refractivity contribution in [1.82, 2.24) is 0 Å². The molecule has 0 heterocycles. The third kappa shape index (κ3) is 2.46. The van der Waals surface area contributed by atoms with E-state index in [-0.39, 0.29) is 22.8 Å². The number of carbonyl (C=O) groups is 2. The summed E-state index contributed by atoms with van der Waals surface area (Å²) in [6, 6.07) is 2.45. The summed E-state index contributed by atoms with van der Waals surface area (Å²) >= 11 is 0. The van der Waals surface area contributed by atoms with Gasteiger partial charge < -0.3 is 14.6 Å². The van der Waals surface area contributed by atoms with Crippen LogP contribution in [0, 0.1) is 0 Å². The van der Waals surface area contributed by atoms with Crippen molar-refractivity contribution in [2.24, 2.45) is 0 Å². The molecule has 0 spiro atoms. The highest BCUT2D eigenvalue weighted by Gasteiger charge is 2.12. The number of aldehydes is 1. The highest BCUT2D eigenvalue weighted by Crippen LogP contribution is 2.33. The number of aromatic hydroxyl groups is 1. The molecule has 5 heteroatoms. The average Bonchev–Trinajstić information content (AvgIpc) is 2.17. The Labute approximate surface area is 86.2 Å². The lowest BCUT2D eigenvalue weighted by Crippen LogP contribution is -2.03. The fourth-order valence-corrected chi connectivity index (χ4v) is 1.05. The molecule has 0 aliphatic carbocycles. The van der Waals surface area contributed by atoms with Crippen LogP contribution in [0.5, 0.6) is 17.2 Å². The molecule has 0 saturated heterocycles. The van der Waals surface area contributed by atoms with Gasteiger partial charge in [0.15, 0.2) is 17.8 Å². The minimum absolute atomic E-state index is 0.0720. The number of phenols is 1. The number of hydrogen-bond acceptors (Lipinski definition) is 5. The van der Waals surface area contributed by atoms with E-state index in [1.165, 1.54) is 20.1 Å². The van der Waals surface area contributed by atoms with Crippen molar-refractivity contribution in [3.8, 4) is 17.2 Å². The Balaban J connectivity index is 3.20. The van der Waals surface area contributed by atoms with Crippen LogP contribution in [-0.4, -0.2) is 24.5 Å². The van der Waals surface area contributed by atoms with Gasteiger partial charge in [-0.2, -0.15) is 0 Å². The van der Waals surface area contributed by atoms with Crippen LogP contribution in [0.3, 0.4) is 0 Å². The minimum atomic E-state index is -0.536. The van der Waals surface area contributed by atoms with E-state index < -0.39 is 5.97 Å². The monoisotopic (exact) mass is 210 g/mol. The molecule has 1 rings (SSSR count). The fourth-order valence-electron chi connectivity index (χ4n) is 1.05. The summed E-state index contributed by atoms with van der Waals surface area (Å²) in [4.78, 5) is 21.2. The molecule has 0 amide bonds. The number of carbonyl (C=O) groups excluding carboxylic acids is 2. The molecule has 1 aromatic rings. The number of rotatable bonds is 3. The van der Waals surface area contributed by atoms with E-state index in [1.807, 2.05) is 0 Å². The van der Waals surface area contributed by atoms with E-state index in [0.29, 0.717) is 6.29 Å². The summed E-state index contributed by atoms with van der Waals surface area (Å²) < 4.78 is 9.67. The van der Waals surface area contributed by atoms with E-state index in [2.05, 4.69) is 0 Å². The quantitative estimate of drug-likeness (QED) is 0.460. The molecule has 5 nitrogen and oxygen atoms in total. The molecule has 0 bridgehead atoms. The van der Waals surface area contributed by atoms with Gasteiger partial charge in [-0.05, 0) is 6.07 Å². The van der Waals surface area contributed by atoms with Crippen LogP contribution >= 0.6 is 0 Å². The first kappa shape index (κ1) is 11.0. The first-order chi connectivity index (χ1) is 7.08. The Bertz CT molecular complexity index is 397. The lowest BCUT2D eigenvalue weighted by atomic mass is 10.2. The van der Waals surface area contributed by atoms with Gasteiger partial charge in [0.2, 0.25) is 0 Å². The number of ether oxygens (including phenoxy) is 2. The Hall–Kier alpha value is -2.04. The molecular weight excluding hydrogens is 200 g/mol. The maximum atomic E-state index is 10.7. The van der Waals surface area contributed by atoms with Crippen LogP contribution in [0.2, 0.25) is 0 Å². The van der Waals surface area contributed by atoms with Gasteiger partial charge in [0.05, 0.1) is 12.7 Å². The zero-order valence-electron chi connectivity index (χ0n) is 8.31. The van der Waals surface area contributed by atoms with Crippen LogP contribution < -0.4 is 9.47 Å². The molecule has 0 aliphatic heterocycles. The van der Waals surface area contributed by atoms with E-state index in [1.54, 1.807) is 0 Å². The van der Waals surface area contributed by atoms with Gasteiger partial charge in [0, 0.05) is 13.0 Å². The first-order valence-corrected chi connectivity index (χ1v) is 4.13. The summed E-state index contributed by atoms with van der Waals surface area (Å²) in [5, 5.41) is 9.35. The second-order valence-corrected chi connectivity index (χ2v) is 2.77. The molecule has 0 atom stereocenters. The van der Waals surface area contributed by atoms with E-state index in [0.717, 1.165) is 6.07 Å². The Morgan fingerprint density at radius 2 is 2.07 bits per heavy atom. The van der Waals surface area contributed by atoms with Crippen molar-refractivity contribution in [1.29, 1.82) is 0 Å². The molecule has 0 radical (unpaired) electrons.